The average Bonchev–Trinajstić information content (AvgIpc) is 3.33. The van der Waals surface area contributed by atoms with Gasteiger partial charge in [-0.15, -0.1) is 0 Å². The van der Waals surface area contributed by atoms with Crippen LogP contribution in [-0.4, -0.2) is 37.2 Å². The Morgan fingerprint density at radius 3 is 1.07 bits per heavy atom. The van der Waals surface area contributed by atoms with Crippen LogP contribution in [0.5, 0.6) is 0 Å². The van der Waals surface area contributed by atoms with Gasteiger partial charge < -0.3 is 14.2 Å². The first-order valence-corrected chi connectivity index (χ1v) is 27.0. The number of hydrogen-bond donors (Lipinski definition) is 0. The smallest absolute Gasteiger partial charge is 0.306 e. The highest BCUT2D eigenvalue weighted by atomic mass is 16.6. The zero-order chi connectivity index (χ0) is 48.6. The molecule has 0 aliphatic heterocycles. The minimum absolute atomic E-state index is 0.126. The van der Waals surface area contributed by atoms with E-state index in [9.17, 15) is 14.4 Å². The van der Waals surface area contributed by atoms with Crippen LogP contribution >= 0.6 is 0 Å². The van der Waals surface area contributed by atoms with Crippen molar-refractivity contribution in [3.63, 3.8) is 0 Å². The summed E-state index contributed by atoms with van der Waals surface area (Å²) in [6.45, 7) is 6.37. The topological polar surface area (TPSA) is 78.9 Å². The molecule has 6 nitrogen and oxygen atoms in total. The largest absolute Gasteiger partial charge is 0.462 e. The van der Waals surface area contributed by atoms with Gasteiger partial charge in [0.2, 0.25) is 0 Å². The highest BCUT2D eigenvalue weighted by Crippen LogP contribution is 2.13. The molecule has 0 rings (SSSR count). The maximum atomic E-state index is 12.8. The number of rotatable bonds is 47. The maximum Gasteiger partial charge on any atom is 0.306 e. The summed E-state index contributed by atoms with van der Waals surface area (Å²) in [4.78, 5) is 38.0. The van der Waals surface area contributed by atoms with Crippen LogP contribution in [-0.2, 0) is 28.6 Å². The third-order valence-corrected chi connectivity index (χ3v) is 10.9. The van der Waals surface area contributed by atoms with Crippen molar-refractivity contribution in [2.75, 3.05) is 13.2 Å². The summed E-state index contributed by atoms with van der Waals surface area (Å²) in [5.41, 5.74) is 0. The number of unbranched alkanes of at least 4 members (excludes halogenated alkanes) is 16. The molecule has 67 heavy (non-hydrogen) atoms. The van der Waals surface area contributed by atoms with Gasteiger partial charge in [-0.3, -0.25) is 14.4 Å². The molecule has 0 saturated heterocycles. The van der Waals surface area contributed by atoms with E-state index in [2.05, 4.69) is 130 Å². The molecule has 6 heteroatoms. The van der Waals surface area contributed by atoms with Crippen molar-refractivity contribution in [2.45, 2.75) is 232 Å². The molecule has 0 aromatic heterocycles. The Bertz CT molecular complexity index is 1440. The van der Waals surface area contributed by atoms with Crippen LogP contribution < -0.4 is 0 Å². The van der Waals surface area contributed by atoms with Crippen molar-refractivity contribution < 1.29 is 28.6 Å². The molecule has 0 saturated carbocycles. The van der Waals surface area contributed by atoms with Gasteiger partial charge >= 0.3 is 17.9 Å². The van der Waals surface area contributed by atoms with Crippen LogP contribution in [0.1, 0.15) is 226 Å². The first-order chi connectivity index (χ1) is 33.0. The second kappa shape index (κ2) is 54.4. The SMILES string of the molecule is CC/C=C\C/C=C\C/C=C\C/C=C\C/C=C\C/C=C\CCC(=O)OC[C@H](COC(=O)CCCC/C=C\C/C=C\C/C=C\CCCCC)OC(=O)CCCCCCCCC/C=C\CCCCCC. The van der Waals surface area contributed by atoms with Crippen LogP contribution in [0.15, 0.2) is 122 Å². The van der Waals surface area contributed by atoms with Crippen LogP contribution in [0.25, 0.3) is 0 Å². The molecule has 0 heterocycles. The summed E-state index contributed by atoms with van der Waals surface area (Å²) in [5, 5.41) is 0. The van der Waals surface area contributed by atoms with E-state index in [-0.39, 0.29) is 37.5 Å². The van der Waals surface area contributed by atoms with Gasteiger partial charge in [0, 0.05) is 19.3 Å². The van der Waals surface area contributed by atoms with Crippen LogP contribution in [0.3, 0.4) is 0 Å². The van der Waals surface area contributed by atoms with E-state index < -0.39 is 6.10 Å². The third kappa shape index (κ3) is 52.6. The Labute approximate surface area is 412 Å². The fourth-order valence-electron chi connectivity index (χ4n) is 6.88. The summed E-state index contributed by atoms with van der Waals surface area (Å²) in [6, 6.07) is 0. The number of hydrogen-bond acceptors (Lipinski definition) is 6. The van der Waals surface area contributed by atoms with Crippen LogP contribution in [0.2, 0.25) is 0 Å². The molecule has 1 atom stereocenters. The van der Waals surface area contributed by atoms with E-state index in [0.29, 0.717) is 25.7 Å². The van der Waals surface area contributed by atoms with Crippen molar-refractivity contribution >= 4 is 17.9 Å². The number of allylic oxidation sites excluding steroid dienone is 20. The molecule has 0 amide bonds. The first-order valence-electron chi connectivity index (χ1n) is 27.0. The molecule has 378 valence electrons. The summed E-state index contributed by atoms with van der Waals surface area (Å²) < 4.78 is 16.7. The summed E-state index contributed by atoms with van der Waals surface area (Å²) >= 11 is 0. The lowest BCUT2D eigenvalue weighted by Gasteiger charge is -2.18. The van der Waals surface area contributed by atoms with E-state index in [0.717, 1.165) is 83.5 Å². The van der Waals surface area contributed by atoms with Gasteiger partial charge in [-0.25, -0.2) is 0 Å². The minimum atomic E-state index is -0.829. The normalized spacial score (nSPS) is 13.1. The number of ether oxygens (including phenoxy) is 3. The predicted molar refractivity (Wildman–Crippen MR) is 288 cm³/mol. The molecule has 0 N–H and O–H groups in total. The van der Waals surface area contributed by atoms with E-state index in [4.69, 9.17) is 14.2 Å². The highest BCUT2D eigenvalue weighted by molar-refractivity contribution is 5.71. The van der Waals surface area contributed by atoms with Gasteiger partial charge in [-0.2, -0.15) is 0 Å². The molecule has 0 radical (unpaired) electrons. The van der Waals surface area contributed by atoms with E-state index in [1.807, 2.05) is 12.2 Å². The van der Waals surface area contributed by atoms with Crippen molar-refractivity contribution in [1.82, 2.24) is 0 Å². The molecule has 0 aromatic carbocycles. The quantitative estimate of drug-likeness (QED) is 0.0262. The summed E-state index contributed by atoms with van der Waals surface area (Å²) in [5.74, 6) is -1.06. The van der Waals surface area contributed by atoms with Crippen molar-refractivity contribution in [1.29, 1.82) is 0 Å². The predicted octanol–water partition coefficient (Wildman–Crippen LogP) is 18.1. The Morgan fingerprint density at radius 1 is 0.313 bits per heavy atom. The van der Waals surface area contributed by atoms with Gasteiger partial charge in [-0.1, -0.05) is 206 Å². The zero-order valence-corrected chi connectivity index (χ0v) is 43.1. The Morgan fingerprint density at radius 2 is 0.612 bits per heavy atom. The van der Waals surface area contributed by atoms with Crippen molar-refractivity contribution in [3.8, 4) is 0 Å². The summed E-state index contributed by atoms with van der Waals surface area (Å²) in [6.07, 6.45) is 74.8. The molecular formula is C61H98O6. The van der Waals surface area contributed by atoms with Gasteiger partial charge in [-0.05, 0) is 122 Å². The first kappa shape index (κ1) is 62.8. The molecule has 0 aliphatic rings. The molecule has 0 aliphatic carbocycles. The maximum absolute atomic E-state index is 12.8. The molecule has 0 unspecified atom stereocenters. The molecule has 0 bridgehead atoms. The second-order valence-corrected chi connectivity index (χ2v) is 17.4. The van der Waals surface area contributed by atoms with E-state index in [1.54, 1.807) is 0 Å². The van der Waals surface area contributed by atoms with Crippen molar-refractivity contribution in [3.05, 3.63) is 122 Å². The molecular weight excluding hydrogens is 829 g/mol. The standard InChI is InChI=1S/C61H98O6/c1-4-7-10-13-16-19-22-25-28-29-30-31-34-36-39-42-45-48-51-54-60(63)66-57-58(67-61(64)55-52-49-46-43-40-37-33-27-24-21-18-15-12-9-6-3)56-65-59(62)53-50-47-44-41-38-35-32-26-23-20-17-14-11-8-5-2/h7,10,16-17,19-21,24-26,28,30-32,36,38-39,41,45,48,58H,4-6,8-9,11-15,18,22-23,27,29,33-35,37,40,42-44,46-47,49-57H2,1-3H3/b10-7-,19-16-,20-17-,24-21-,28-25-,31-30-,32-26-,39-36-,41-38-,48-45-/t58-/m0/s1. The highest BCUT2D eigenvalue weighted by Gasteiger charge is 2.19. The van der Waals surface area contributed by atoms with Gasteiger partial charge in [0.15, 0.2) is 6.10 Å². The monoisotopic (exact) mass is 927 g/mol. The Balaban J connectivity index is 4.58. The Kier molecular flexibility index (Phi) is 51.0. The zero-order valence-electron chi connectivity index (χ0n) is 43.1. The van der Waals surface area contributed by atoms with E-state index >= 15 is 0 Å². The summed E-state index contributed by atoms with van der Waals surface area (Å²) in [7, 11) is 0. The molecule has 0 spiro atoms. The fourth-order valence-corrected chi connectivity index (χ4v) is 6.88. The Hall–Kier alpha value is -4.19. The van der Waals surface area contributed by atoms with Crippen LogP contribution in [0, 0.1) is 0 Å². The van der Waals surface area contributed by atoms with Crippen molar-refractivity contribution in [2.24, 2.45) is 0 Å². The number of carbonyl (C=O) groups excluding carboxylic acids is 3. The lowest BCUT2D eigenvalue weighted by atomic mass is 10.1. The van der Waals surface area contributed by atoms with Gasteiger partial charge in [0.1, 0.15) is 13.2 Å². The van der Waals surface area contributed by atoms with Gasteiger partial charge in [0.05, 0.1) is 0 Å². The lowest BCUT2D eigenvalue weighted by Crippen LogP contribution is -2.30. The number of carbonyl (C=O) groups is 3. The third-order valence-electron chi connectivity index (χ3n) is 10.9. The molecule has 0 fully saturated rings. The lowest BCUT2D eigenvalue weighted by molar-refractivity contribution is -0.166. The number of esters is 3. The van der Waals surface area contributed by atoms with Gasteiger partial charge in [0.25, 0.3) is 0 Å². The second-order valence-electron chi connectivity index (χ2n) is 17.4. The average molecular weight is 927 g/mol. The minimum Gasteiger partial charge on any atom is -0.462 e. The van der Waals surface area contributed by atoms with Crippen LogP contribution in [0.4, 0.5) is 0 Å². The molecule has 0 aromatic rings. The van der Waals surface area contributed by atoms with E-state index in [1.165, 1.54) is 89.9 Å². The fraction of sp³-hybridized carbons (Fsp3) is 0.623.